The lowest BCUT2D eigenvalue weighted by atomic mass is 10.2. The van der Waals surface area contributed by atoms with Crippen molar-refractivity contribution in [2.45, 2.75) is 6.10 Å². The molecule has 4 nitrogen and oxygen atoms in total. The van der Waals surface area contributed by atoms with Crippen LogP contribution in [0.4, 0.5) is 5.13 Å². The Morgan fingerprint density at radius 1 is 1.24 bits per heavy atom. The number of rotatable bonds is 3. The summed E-state index contributed by atoms with van der Waals surface area (Å²) in [5.41, 5.74) is 1.02. The standard InChI is InChI=1S/C15H12N2O2S2/c18-14(13-6-3-7-20-13)19-10-8-17(9-10)15-16-11-4-1-2-5-12(11)21-15/h1-7,10H,8-9H2. The van der Waals surface area contributed by atoms with E-state index in [2.05, 4.69) is 16.0 Å². The molecule has 2 aromatic heterocycles. The van der Waals surface area contributed by atoms with Crippen LogP contribution in [0.5, 0.6) is 0 Å². The Morgan fingerprint density at radius 2 is 2.10 bits per heavy atom. The molecule has 1 aliphatic heterocycles. The molecular weight excluding hydrogens is 304 g/mol. The summed E-state index contributed by atoms with van der Waals surface area (Å²) in [7, 11) is 0. The zero-order valence-corrected chi connectivity index (χ0v) is 12.7. The number of esters is 1. The Bertz CT molecular complexity index is 743. The highest BCUT2D eigenvalue weighted by molar-refractivity contribution is 7.22. The third-order valence-corrected chi connectivity index (χ3v) is 5.34. The van der Waals surface area contributed by atoms with E-state index >= 15 is 0 Å². The number of nitrogens with zero attached hydrogens (tertiary/aromatic N) is 2. The SMILES string of the molecule is O=C(OC1CN(c2nc3ccccc3s2)C1)c1cccs1. The van der Waals surface area contributed by atoms with Gasteiger partial charge in [0.05, 0.1) is 23.3 Å². The highest BCUT2D eigenvalue weighted by Gasteiger charge is 2.32. The minimum Gasteiger partial charge on any atom is -0.454 e. The van der Waals surface area contributed by atoms with Gasteiger partial charge >= 0.3 is 5.97 Å². The second kappa shape index (κ2) is 5.13. The molecule has 0 radical (unpaired) electrons. The van der Waals surface area contributed by atoms with Gasteiger partial charge in [0.15, 0.2) is 5.13 Å². The first-order valence-electron chi connectivity index (χ1n) is 6.64. The lowest BCUT2D eigenvalue weighted by Crippen LogP contribution is -2.53. The molecule has 1 saturated heterocycles. The highest BCUT2D eigenvalue weighted by Crippen LogP contribution is 2.31. The molecule has 0 unspecified atom stereocenters. The van der Waals surface area contributed by atoms with Crippen LogP contribution in [0.2, 0.25) is 0 Å². The number of hydrogen-bond acceptors (Lipinski definition) is 6. The van der Waals surface area contributed by atoms with Crippen molar-refractivity contribution in [3.05, 3.63) is 46.7 Å². The molecule has 106 valence electrons. The molecule has 6 heteroatoms. The first-order chi connectivity index (χ1) is 10.3. The number of aromatic nitrogens is 1. The number of thiophene rings is 1. The van der Waals surface area contributed by atoms with Gasteiger partial charge in [-0.3, -0.25) is 0 Å². The number of anilines is 1. The largest absolute Gasteiger partial charge is 0.454 e. The van der Waals surface area contributed by atoms with E-state index in [1.807, 2.05) is 29.6 Å². The van der Waals surface area contributed by atoms with Gasteiger partial charge in [-0.2, -0.15) is 0 Å². The number of hydrogen-bond donors (Lipinski definition) is 0. The molecule has 0 saturated carbocycles. The molecule has 0 aliphatic carbocycles. The van der Waals surface area contributed by atoms with E-state index in [1.54, 1.807) is 17.4 Å². The van der Waals surface area contributed by atoms with E-state index in [4.69, 9.17) is 4.74 Å². The highest BCUT2D eigenvalue weighted by atomic mass is 32.1. The smallest absolute Gasteiger partial charge is 0.348 e. The van der Waals surface area contributed by atoms with Gasteiger partial charge in [-0.1, -0.05) is 29.5 Å². The van der Waals surface area contributed by atoms with Crippen molar-refractivity contribution in [1.82, 2.24) is 4.98 Å². The normalized spacial score (nSPS) is 15.1. The molecule has 0 spiro atoms. The number of para-hydroxylation sites is 1. The van der Waals surface area contributed by atoms with E-state index in [0.717, 1.165) is 23.7 Å². The molecule has 3 heterocycles. The molecule has 0 N–H and O–H groups in total. The molecule has 0 amide bonds. The summed E-state index contributed by atoms with van der Waals surface area (Å²) >= 11 is 3.09. The van der Waals surface area contributed by atoms with Gasteiger partial charge in [-0.15, -0.1) is 11.3 Å². The van der Waals surface area contributed by atoms with Crippen LogP contribution in [0.1, 0.15) is 9.67 Å². The Morgan fingerprint density at radius 3 is 2.86 bits per heavy atom. The minimum atomic E-state index is -0.223. The Hall–Kier alpha value is -1.92. The van der Waals surface area contributed by atoms with Gasteiger partial charge in [0.25, 0.3) is 0 Å². The summed E-state index contributed by atoms with van der Waals surface area (Å²) in [4.78, 5) is 19.3. The number of carbonyl (C=O) groups excluding carboxylic acids is 1. The van der Waals surface area contributed by atoms with Crippen LogP contribution in [0.15, 0.2) is 41.8 Å². The second-order valence-corrected chi connectivity index (χ2v) is 6.83. The fourth-order valence-electron chi connectivity index (χ4n) is 2.27. The molecule has 4 rings (SSSR count). The topological polar surface area (TPSA) is 42.4 Å². The van der Waals surface area contributed by atoms with Crippen molar-refractivity contribution >= 4 is 44.0 Å². The summed E-state index contributed by atoms with van der Waals surface area (Å²) in [6, 6.07) is 11.8. The molecule has 1 fully saturated rings. The lowest BCUT2D eigenvalue weighted by Gasteiger charge is -2.38. The fraction of sp³-hybridized carbons (Fsp3) is 0.200. The van der Waals surface area contributed by atoms with Gasteiger partial charge in [0.1, 0.15) is 11.0 Å². The number of carbonyl (C=O) groups is 1. The van der Waals surface area contributed by atoms with Gasteiger partial charge in [-0.05, 0) is 23.6 Å². The van der Waals surface area contributed by atoms with Crippen LogP contribution in [0.3, 0.4) is 0 Å². The first kappa shape index (κ1) is 12.8. The molecule has 1 aromatic carbocycles. The quantitative estimate of drug-likeness (QED) is 0.695. The van der Waals surface area contributed by atoms with Gasteiger partial charge < -0.3 is 9.64 Å². The van der Waals surface area contributed by atoms with Crippen molar-refractivity contribution in [2.75, 3.05) is 18.0 Å². The average molecular weight is 316 g/mol. The van der Waals surface area contributed by atoms with Crippen molar-refractivity contribution in [3.8, 4) is 0 Å². The predicted octanol–water partition coefficient (Wildman–Crippen LogP) is 3.40. The molecule has 21 heavy (non-hydrogen) atoms. The number of benzene rings is 1. The zero-order valence-electron chi connectivity index (χ0n) is 11.1. The summed E-state index contributed by atoms with van der Waals surface area (Å²) in [6.45, 7) is 1.44. The Balaban J connectivity index is 1.39. The van der Waals surface area contributed by atoms with Gasteiger partial charge in [-0.25, -0.2) is 9.78 Å². The van der Waals surface area contributed by atoms with E-state index in [9.17, 15) is 4.79 Å². The second-order valence-electron chi connectivity index (χ2n) is 4.87. The first-order valence-corrected chi connectivity index (χ1v) is 8.34. The third-order valence-electron chi connectivity index (χ3n) is 3.40. The van der Waals surface area contributed by atoms with Crippen molar-refractivity contribution in [3.63, 3.8) is 0 Å². The van der Waals surface area contributed by atoms with E-state index in [-0.39, 0.29) is 12.1 Å². The average Bonchev–Trinajstić information content (AvgIpc) is 3.10. The molecule has 0 bridgehead atoms. The maximum Gasteiger partial charge on any atom is 0.348 e. The van der Waals surface area contributed by atoms with Gasteiger partial charge in [0.2, 0.25) is 0 Å². The van der Waals surface area contributed by atoms with Crippen molar-refractivity contribution in [1.29, 1.82) is 0 Å². The number of fused-ring (bicyclic) bond motifs is 1. The van der Waals surface area contributed by atoms with Crippen LogP contribution < -0.4 is 4.90 Å². The number of thiazole rings is 1. The third kappa shape index (κ3) is 2.41. The van der Waals surface area contributed by atoms with Crippen LogP contribution in [0, 0.1) is 0 Å². The maximum absolute atomic E-state index is 11.8. The van der Waals surface area contributed by atoms with Crippen LogP contribution in [-0.4, -0.2) is 30.1 Å². The summed E-state index contributed by atoms with van der Waals surface area (Å²) < 4.78 is 6.65. The monoisotopic (exact) mass is 316 g/mol. The van der Waals surface area contributed by atoms with Crippen molar-refractivity contribution in [2.24, 2.45) is 0 Å². The predicted molar refractivity (Wildman–Crippen MR) is 85.4 cm³/mol. The van der Waals surface area contributed by atoms with Gasteiger partial charge in [0, 0.05) is 0 Å². The maximum atomic E-state index is 11.8. The zero-order chi connectivity index (χ0) is 14.2. The van der Waals surface area contributed by atoms with E-state index in [0.29, 0.717) is 4.88 Å². The summed E-state index contributed by atoms with van der Waals surface area (Å²) in [6.07, 6.45) is -0.0355. The molecule has 3 aromatic rings. The minimum absolute atomic E-state index is 0.0355. The Kier molecular flexibility index (Phi) is 3.12. The van der Waals surface area contributed by atoms with Crippen LogP contribution in [0.25, 0.3) is 10.2 Å². The van der Waals surface area contributed by atoms with Crippen LogP contribution >= 0.6 is 22.7 Å². The number of ether oxygens (including phenoxy) is 1. The summed E-state index contributed by atoms with van der Waals surface area (Å²) in [5, 5.41) is 2.88. The fourth-order valence-corrected chi connectivity index (χ4v) is 3.86. The van der Waals surface area contributed by atoms with E-state index < -0.39 is 0 Å². The summed E-state index contributed by atoms with van der Waals surface area (Å²) in [5.74, 6) is -0.223. The molecule has 0 atom stereocenters. The van der Waals surface area contributed by atoms with E-state index in [1.165, 1.54) is 16.0 Å². The van der Waals surface area contributed by atoms with Crippen LogP contribution in [-0.2, 0) is 4.74 Å². The Labute approximate surface area is 129 Å². The lowest BCUT2D eigenvalue weighted by molar-refractivity contribution is 0.0240. The molecule has 1 aliphatic rings. The molecular formula is C15H12N2O2S2. The van der Waals surface area contributed by atoms with Crippen molar-refractivity contribution < 1.29 is 9.53 Å².